The lowest BCUT2D eigenvalue weighted by Gasteiger charge is -2.11. The third kappa shape index (κ3) is 5.77. The first-order chi connectivity index (χ1) is 13.1. The minimum atomic E-state index is -3.67. The molecule has 2 heterocycles. The monoisotopic (exact) mass is 408 g/mol. The highest BCUT2D eigenvalue weighted by Crippen LogP contribution is 2.31. The maximum Gasteiger partial charge on any atom is 0.261 e. The molecule has 6 nitrogen and oxygen atoms in total. The van der Waals surface area contributed by atoms with Gasteiger partial charge >= 0.3 is 0 Å². The summed E-state index contributed by atoms with van der Waals surface area (Å²) in [6.45, 7) is 7.74. The lowest BCUT2D eigenvalue weighted by Crippen LogP contribution is -2.03. The van der Waals surface area contributed by atoms with E-state index in [1.165, 1.54) is 28.8 Å². The minimum absolute atomic E-state index is 0.239. The average molecular weight is 408 g/mol. The molecule has 0 aliphatic carbocycles. The number of nitrogens with zero attached hydrogens (tertiary/aromatic N) is 2. The van der Waals surface area contributed by atoms with E-state index in [9.17, 15) is 12.8 Å². The Morgan fingerprint density at radius 2 is 1.79 bits per heavy atom. The zero-order valence-corrected chi connectivity index (χ0v) is 17.3. The standard InChI is InChI=1S/C19H21FN2O.CH4O3S/c1-4-11-22-14(3)13(2)17-9-10-21-19(18(17)22)23-12-15-5-7-16(20)8-6-15;1-5(2,3)4/h5-10H,4,11-12H2,1-3H3;1H3,(H,2,3,4). The van der Waals surface area contributed by atoms with Crippen LogP contribution >= 0.6 is 0 Å². The Morgan fingerprint density at radius 1 is 1.18 bits per heavy atom. The van der Waals surface area contributed by atoms with Crippen LogP contribution in [-0.4, -0.2) is 28.8 Å². The summed E-state index contributed by atoms with van der Waals surface area (Å²) in [5.41, 5.74) is 4.49. The quantitative estimate of drug-likeness (QED) is 0.637. The topological polar surface area (TPSA) is 81.4 Å². The molecular formula is C20H25FN2O4S. The highest BCUT2D eigenvalue weighted by molar-refractivity contribution is 7.85. The van der Waals surface area contributed by atoms with Crippen LogP contribution in [0.4, 0.5) is 4.39 Å². The number of pyridine rings is 1. The second-order valence-corrected chi connectivity index (χ2v) is 7.99. The summed E-state index contributed by atoms with van der Waals surface area (Å²) in [4.78, 5) is 4.42. The van der Waals surface area contributed by atoms with Crippen LogP contribution in [0.15, 0.2) is 36.5 Å². The molecule has 2 aromatic heterocycles. The number of fused-ring (bicyclic) bond motifs is 1. The number of hydrogen-bond acceptors (Lipinski definition) is 4. The lowest BCUT2D eigenvalue weighted by atomic mass is 10.2. The maximum absolute atomic E-state index is 13.0. The number of ether oxygens (including phenoxy) is 1. The van der Waals surface area contributed by atoms with Crippen LogP contribution in [0.5, 0.6) is 5.88 Å². The van der Waals surface area contributed by atoms with Gasteiger partial charge in [0.05, 0.1) is 6.26 Å². The Kier molecular flexibility index (Phi) is 7.15. The third-order valence-corrected chi connectivity index (χ3v) is 4.25. The summed E-state index contributed by atoms with van der Waals surface area (Å²) >= 11 is 0. The van der Waals surface area contributed by atoms with Gasteiger partial charge in [-0.3, -0.25) is 4.55 Å². The van der Waals surface area contributed by atoms with Gasteiger partial charge in [0.25, 0.3) is 10.1 Å². The van der Waals surface area contributed by atoms with Crippen molar-refractivity contribution < 1.29 is 22.1 Å². The normalized spacial score (nSPS) is 11.2. The zero-order chi connectivity index (χ0) is 20.9. The Balaban J connectivity index is 0.000000500. The molecule has 3 rings (SSSR count). The van der Waals surface area contributed by atoms with Crippen LogP contribution < -0.4 is 4.74 Å². The number of aryl methyl sites for hydroxylation is 2. The maximum atomic E-state index is 13.0. The molecule has 0 spiro atoms. The largest absolute Gasteiger partial charge is 0.471 e. The molecule has 152 valence electrons. The third-order valence-electron chi connectivity index (χ3n) is 4.25. The van der Waals surface area contributed by atoms with Gasteiger partial charge in [0.2, 0.25) is 5.88 Å². The first-order valence-corrected chi connectivity index (χ1v) is 10.7. The van der Waals surface area contributed by atoms with E-state index in [-0.39, 0.29) is 5.82 Å². The van der Waals surface area contributed by atoms with Crippen molar-refractivity contribution in [1.29, 1.82) is 0 Å². The van der Waals surface area contributed by atoms with Crippen molar-refractivity contribution in [3.8, 4) is 5.88 Å². The van der Waals surface area contributed by atoms with E-state index in [1.807, 2.05) is 6.07 Å². The Bertz CT molecular complexity index is 1040. The Hall–Kier alpha value is -2.45. The van der Waals surface area contributed by atoms with Crippen LogP contribution in [0, 0.1) is 19.7 Å². The van der Waals surface area contributed by atoms with Crippen molar-refractivity contribution in [2.45, 2.75) is 40.3 Å². The Labute approximate surface area is 164 Å². The fourth-order valence-electron chi connectivity index (χ4n) is 2.90. The number of aromatic nitrogens is 2. The molecule has 28 heavy (non-hydrogen) atoms. The highest BCUT2D eigenvalue weighted by atomic mass is 32.2. The van der Waals surface area contributed by atoms with Crippen molar-refractivity contribution in [2.75, 3.05) is 6.26 Å². The van der Waals surface area contributed by atoms with Crippen molar-refractivity contribution in [2.24, 2.45) is 0 Å². The molecule has 8 heteroatoms. The molecule has 0 unspecified atom stereocenters. The second kappa shape index (κ2) is 9.16. The number of benzene rings is 1. The SMILES string of the molecule is CCCn1c(C)c(C)c2ccnc(OCc3ccc(F)cc3)c21.CS(=O)(=O)O. The molecule has 0 saturated carbocycles. The van der Waals surface area contributed by atoms with Crippen LogP contribution in [0.2, 0.25) is 0 Å². The van der Waals surface area contributed by atoms with E-state index in [4.69, 9.17) is 9.29 Å². The highest BCUT2D eigenvalue weighted by Gasteiger charge is 2.15. The molecule has 0 radical (unpaired) electrons. The van der Waals surface area contributed by atoms with Gasteiger partial charge in [-0.05, 0) is 49.6 Å². The van der Waals surface area contributed by atoms with Crippen LogP contribution in [0.3, 0.4) is 0 Å². The van der Waals surface area contributed by atoms with Gasteiger partial charge in [-0.1, -0.05) is 19.1 Å². The summed E-state index contributed by atoms with van der Waals surface area (Å²) in [5, 5.41) is 1.18. The number of hydrogen-bond donors (Lipinski definition) is 1. The van der Waals surface area contributed by atoms with E-state index >= 15 is 0 Å². The molecule has 3 aromatic rings. The van der Waals surface area contributed by atoms with Gasteiger partial charge in [0.15, 0.2) is 0 Å². The van der Waals surface area contributed by atoms with Gasteiger partial charge in [-0.2, -0.15) is 8.42 Å². The first kappa shape index (κ1) is 21.8. The van der Waals surface area contributed by atoms with E-state index in [1.54, 1.807) is 18.3 Å². The number of rotatable bonds is 5. The molecule has 0 amide bonds. The van der Waals surface area contributed by atoms with E-state index in [2.05, 4.69) is 30.3 Å². The van der Waals surface area contributed by atoms with Gasteiger partial charge in [0, 0.05) is 23.8 Å². The lowest BCUT2D eigenvalue weighted by molar-refractivity contribution is 0.296. The summed E-state index contributed by atoms with van der Waals surface area (Å²) in [5.74, 6) is 0.397. The molecule has 1 N–H and O–H groups in total. The summed E-state index contributed by atoms with van der Waals surface area (Å²) in [6, 6.07) is 8.39. The van der Waals surface area contributed by atoms with Crippen LogP contribution in [0.25, 0.3) is 10.9 Å². The predicted molar refractivity (Wildman–Crippen MR) is 108 cm³/mol. The molecule has 0 atom stereocenters. The van der Waals surface area contributed by atoms with Gasteiger partial charge in [0.1, 0.15) is 17.9 Å². The smallest absolute Gasteiger partial charge is 0.261 e. The predicted octanol–water partition coefficient (Wildman–Crippen LogP) is 4.29. The van der Waals surface area contributed by atoms with Crippen molar-refractivity contribution >= 4 is 21.0 Å². The van der Waals surface area contributed by atoms with Crippen molar-refractivity contribution in [3.63, 3.8) is 0 Å². The van der Waals surface area contributed by atoms with Gasteiger partial charge < -0.3 is 9.30 Å². The Morgan fingerprint density at radius 3 is 2.36 bits per heavy atom. The summed E-state index contributed by atoms with van der Waals surface area (Å²) in [7, 11) is -3.67. The van der Waals surface area contributed by atoms with Gasteiger partial charge in [-0.15, -0.1) is 0 Å². The fraction of sp³-hybridized carbons (Fsp3) is 0.350. The average Bonchev–Trinajstić information content (AvgIpc) is 2.86. The molecule has 0 aliphatic rings. The summed E-state index contributed by atoms with van der Waals surface area (Å²) in [6.07, 6.45) is 3.55. The van der Waals surface area contributed by atoms with E-state index in [0.717, 1.165) is 24.0 Å². The molecule has 0 bridgehead atoms. The number of halogens is 1. The molecule has 1 aromatic carbocycles. The molecule has 0 fully saturated rings. The van der Waals surface area contributed by atoms with Crippen LogP contribution in [0.1, 0.15) is 30.2 Å². The zero-order valence-electron chi connectivity index (χ0n) is 16.4. The molecule has 0 saturated heterocycles. The van der Waals surface area contributed by atoms with E-state index < -0.39 is 10.1 Å². The molecular weight excluding hydrogens is 383 g/mol. The van der Waals surface area contributed by atoms with E-state index in [0.29, 0.717) is 18.7 Å². The molecule has 0 aliphatic heterocycles. The minimum Gasteiger partial charge on any atom is -0.471 e. The summed E-state index contributed by atoms with van der Waals surface area (Å²) < 4.78 is 47.1. The van der Waals surface area contributed by atoms with Crippen molar-refractivity contribution in [3.05, 3.63) is 59.2 Å². The fourth-order valence-corrected chi connectivity index (χ4v) is 2.90. The second-order valence-electron chi connectivity index (χ2n) is 6.52. The first-order valence-electron chi connectivity index (χ1n) is 8.86. The van der Waals surface area contributed by atoms with Crippen LogP contribution in [-0.2, 0) is 23.3 Å². The van der Waals surface area contributed by atoms with Gasteiger partial charge in [-0.25, -0.2) is 9.37 Å². The van der Waals surface area contributed by atoms with Crippen molar-refractivity contribution in [1.82, 2.24) is 9.55 Å².